The summed E-state index contributed by atoms with van der Waals surface area (Å²) in [5.41, 5.74) is 1.84. The molecule has 32 heavy (non-hydrogen) atoms. The van der Waals surface area contributed by atoms with Crippen molar-refractivity contribution < 1.29 is 27.9 Å². The Bertz CT molecular complexity index is 1090. The molecule has 0 radical (unpaired) electrons. The smallest absolute Gasteiger partial charge is 0.309 e. The quantitative estimate of drug-likeness (QED) is 0.553. The zero-order chi connectivity index (χ0) is 22.8. The Morgan fingerprint density at radius 2 is 1.88 bits per heavy atom. The summed E-state index contributed by atoms with van der Waals surface area (Å²) in [7, 11) is 0. The average Bonchev–Trinajstić information content (AvgIpc) is 3.23. The molecule has 1 aliphatic heterocycles. The van der Waals surface area contributed by atoms with Crippen LogP contribution in [0.1, 0.15) is 25.8 Å². The van der Waals surface area contributed by atoms with Gasteiger partial charge in [0.15, 0.2) is 17.4 Å². The molecule has 1 aliphatic rings. The van der Waals surface area contributed by atoms with Gasteiger partial charge >= 0.3 is 5.97 Å². The highest BCUT2D eigenvalue weighted by Crippen LogP contribution is 2.30. The monoisotopic (exact) mass is 443 g/mol. The first-order chi connectivity index (χ1) is 15.3. The van der Waals surface area contributed by atoms with Gasteiger partial charge in [-0.25, -0.2) is 8.78 Å². The van der Waals surface area contributed by atoms with Crippen LogP contribution < -0.4 is 4.74 Å². The fourth-order valence-electron chi connectivity index (χ4n) is 3.41. The fourth-order valence-corrected chi connectivity index (χ4v) is 3.41. The zero-order valence-electron chi connectivity index (χ0n) is 17.7. The van der Waals surface area contributed by atoms with E-state index in [1.54, 1.807) is 6.92 Å². The lowest BCUT2D eigenvalue weighted by Crippen LogP contribution is -2.49. The highest BCUT2D eigenvalue weighted by atomic mass is 19.1. The van der Waals surface area contributed by atoms with Gasteiger partial charge in [0.25, 0.3) is 5.89 Å². The van der Waals surface area contributed by atoms with Gasteiger partial charge in [-0.15, -0.1) is 0 Å². The van der Waals surface area contributed by atoms with Crippen molar-refractivity contribution in [2.75, 3.05) is 13.1 Å². The normalized spacial score (nSPS) is 15.4. The SMILES string of the molecule is CC[C@H](C)Oc1c(F)cc(-c2nc(-c3ccc(CN4CC(C(=O)O)C4)cc3)no2)cc1F. The molecule has 0 bridgehead atoms. The molecule has 0 saturated carbocycles. The number of ether oxygens (including phenoxy) is 1. The Hall–Kier alpha value is -3.33. The lowest BCUT2D eigenvalue weighted by atomic mass is 9.99. The molecule has 168 valence electrons. The van der Waals surface area contributed by atoms with Crippen LogP contribution in [0.25, 0.3) is 22.8 Å². The van der Waals surface area contributed by atoms with Crippen LogP contribution >= 0.6 is 0 Å². The van der Waals surface area contributed by atoms with E-state index >= 15 is 0 Å². The highest BCUT2D eigenvalue weighted by molar-refractivity contribution is 5.71. The number of carboxylic acid groups (broad SMARTS) is 1. The van der Waals surface area contributed by atoms with Crippen molar-refractivity contribution in [2.45, 2.75) is 32.9 Å². The average molecular weight is 443 g/mol. The Labute approximate surface area is 183 Å². The van der Waals surface area contributed by atoms with Gasteiger partial charge in [-0.3, -0.25) is 9.69 Å². The first kappa shape index (κ1) is 21.9. The van der Waals surface area contributed by atoms with E-state index in [4.69, 9.17) is 14.4 Å². The summed E-state index contributed by atoms with van der Waals surface area (Å²) in [4.78, 5) is 17.2. The number of nitrogens with zero attached hydrogens (tertiary/aromatic N) is 3. The Morgan fingerprint density at radius 3 is 2.47 bits per heavy atom. The van der Waals surface area contributed by atoms with Crippen molar-refractivity contribution in [3.05, 3.63) is 53.6 Å². The number of hydrogen-bond acceptors (Lipinski definition) is 6. The van der Waals surface area contributed by atoms with Crippen LogP contribution in [0.2, 0.25) is 0 Å². The van der Waals surface area contributed by atoms with E-state index in [0.29, 0.717) is 37.4 Å². The summed E-state index contributed by atoms with van der Waals surface area (Å²) in [6.07, 6.45) is 0.301. The second-order valence-electron chi connectivity index (χ2n) is 7.96. The van der Waals surface area contributed by atoms with Gasteiger partial charge in [-0.1, -0.05) is 36.3 Å². The number of carbonyl (C=O) groups is 1. The molecule has 3 aromatic rings. The molecule has 7 nitrogen and oxygen atoms in total. The Balaban J connectivity index is 1.45. The minimum atomic E-state index is -0.833. The molecule has 1 aromatic heterocycles. The Kier molecular flexibility index (Phi) is 6.18. The highest BCUT2D eigenvalue weighted by Gasteiger charge is 2.32. The van der Waals surface area contributed by atoms with Crippen LogP contribution in [0.3, 0.4) is 0 Å². The van der Waals surface area contributed by atoms with Crippen LogP contribution in [0.5, 0.6) is 5.75 Å². The standard InChI is InChI=1S/C23H23F2N3O4/c1-3-13(2)31-20-18(24)8-16(9-19(20)25)22-26-21(27-32-22)15-6-4-14(5-7-15)10-28-11-17(12-28)23(29)30/h4-9,13,17H,3,10-12H2,1-2H3,(H,29,30)/t13-/m0/s1. The first-order valence-corrected chi connectivity index (χ1v) is 10.4. The van der Waals surface area contributed by atoms with Crippen LogP contribution in [0.4, 0.5) is 8.78 Å². The maximum Gasteiger partial charge on any atom is 0.309 e. The van der Waals surface area contributed by atoms with Gasteiger partial charge in [-0.05, 0) is 31.0 Å². The van der Waals surface area contributed by atoms with Gasteiger partial charge in [-0.2, -0.15) is 4.98 Å². The van der Waals surface area contributed by atoms with Crippen LogP contribution in [0, 0.1) is 17.6 Å². The number of likely N-dealkylation sites (tertiary alicyclic amines) is 1. The molecule has 1 atom stereocenters. The third-order valence-electron chi connectivity index (χ3n) is 5.49. The second kappa shape index (κ2) is 9.04. The van der Waals surface area contributed by atoms with Gasteiger partial charge in [0, 0.05) is 30.8 Å². The molecular weight excluding hydrogens is 420 g/mol. The number of rotatable bonds is 8. The number of aliphatic carboxylic acids is 1. The summed E-state index contributed by atoms with van der Waals surface area (Å²) >= 11 is 0. The van der Waals surface area contributed by atoms with E-state index in [2.05, 4.69) is 15.0 Å². The lowest BCUT2D eigenvalue weighted by molar-refractivity contribution is -0.147. The summed E-state index contributed by atoms with van der Waals surface area (Å²) in [5, 5.41) is 12.9. The molecule has 0 aliphatic carbocycles. The van der Waals surface area contributed by atoms with Crippen LogP contribution in [0.15, 0.2) is 40.9 Å². The van der Waals surface area contributed by atoms with Crippen LogP contribution in [-0.4, -0.2) is 45.3 Å². The molecule has 1 saturated heterocycles. The molecule has 0 amide bonds. The minimum absolute atomic E-state index is 0.00254. The third kappa shape index (κ3) is 4.62. The molecule has 9 heteroatoms. The van der Waals surface area contributed by atoms with E-state index in [0.717, 1.165) is 17.7 Å². The minimum Gasteiger partial charge on any atom is -0.485 e. The molecule has 1 fully saturated rings. The van der Waals surface area contributed by atoms with Crippen molar-refractivity contribution in [3.8, 4) is 28.6 Å². The van der Waals surface area contributed by atoms with Crippen molar-refractivity contribution in [2.24, 2.45) is 5.92 Å². The molecule has 2 aromatic carbocycles. The van der Waals surface area contributed by atoms with E-state index in [1.807, 2.05) is 31.2 Å². The largest absolute Gasteiger partial charge is 0.485 e. The third-order valence-corrected chi connectivity index (χ3v) is 5.49. The fraction of sp³-hybridized carbons (Fsp3) is 0.348. The maximum atomic E-state index is 14.4. The topological polar surface area (TPSA) is 88.7 Å². The molecule has 0 spiro atoms. The zero-order valence-corrected chi connectivity index (χ0v) is 17.7. The summed E-state index contributed by atoms with van der Waals surface area (Å²) in [5.74, 6) is -2.85. The van der Waals surface area contributed by atoms with Crippen molar-refractivity contribution in [1.29, 1.82) is 0 Å². The summed E-state index contributed by atoms with van der Waals surface area (Å²) < 4.78 is 39.3. The molecule has 1 N–H and O–H groups in total. The molecule has 0 unspecified atom stereocenters. The van der Waals surface area contributed by atoms with Crippen molar-refractivity contribution in [1.82, 2.24) is 15.0 Å². The molecule has 4 rings (SSSR count). The Morgan fingerprint density at radius 1 is 1.22 bits per heavy atom. The first-order valence-electron chi connectivity index (χ1n) is 10.4. The van der Waals surface area contributed by atoms with Crippen molar-refractivity contribution in [3.63, 3.8) is 0 Å². The van der Waals surface area contributed by atoms with Gasteiger partial charge in [0.05, 0.1) is 12.0 Å². The van der Waals surface area contributed by atoms with Gasteiger partial charge in [0.2, 0.25) is 5.82 Å². The summed E-state index contributed by atoms with van der Waals surface area (Å²) in [6, 6.07) is 9.67. The van der Waals surface area contributed by atoms with E-state index in [9.17, 15) is 13.6 Å². The van der Waals surface area contributed by atoms with E-state index < -0.39 is 23.4 Å². The number of halogens is 2. The maximum absolute atomic E-state index is 14.4. The van der Waals surface area contributed by atoms with Gasteiger partial charge < -0.3 is 14.4 Å². The van der Waals surface area contributed by atoms with E-state index in [-0.39, 0.29) is 23.5 Å². The number of carboxylic acids is 1. The van der Waals surface area contributed by atoms with Crippen LogP contribution in [-0.2, 0) is 11.3 Å². The van der Waals surface area contributed by atoms with Crippen molar-refractivity contribution >= 4 is 5.97 Å². The van der Waals surface area contributed by atoms with Gasteiger partial charge in [0.1, 0.15) is 0 Å². The predicted octanol–water partition coefficient (Wildman–Crippen LogP) is 4.38. The predicted molar refractivity (Wildman–Crippen MR) is 112 cm³/mol. The lowest BCUT2D eigenvalue weighted by Gasteiger charge is -2.36. The molecule has 2 heterocycles. The molecular formula is C23H23F2N3O4. The van der Waals surface area contributed by atoms with E-state index in [1.165, 1.54) is 0 Å². The number of benzene rings is 2. The second-order valence-corrected chi connectivity index (χ2v) is 7.96. The number of aromatic nitrogens is 2. The summed E-state index contributed by atoms with van der Waals surface area (Å²) in [6.45, 7) is 5.34. The number of hydrogen-bond donors (Lipinski definition) is 1.